The van der Waals surface area contributed by atoms with Gasteiger partial charge in [-0.3, -0.25) is 9.36 Å². The molecule has 0 aliphatic heterocycles. The van der Waals surface area contributed by atoms with Crippen molar-refractivity contribution in [3.05, 3.63) is 59.1 Å². The van der Waals surface area contributed by atoms with Gasteiger partial charge in [-0.25, -0.2) is 0 Å². The number of carbonyl (C=O) groups is 1. The van der Waals surface area contributed by atoms with Gasteiger partial charge in [-0.15, -0.1) is 10.2 Å². The van der Waals surface area contributed by atoms with Gasteiger partial charge in [-0.2, -0.15) is 0 Å². The molecule has 1 aromatic heterocycles. The molecule has 0 bridgehead atoms. The average molecular weight is 401 g/mol. The van der Waals surface area contributed by atoms with Crippen molar-refractivity contribution in [3.8, 4) is 17.1 Å². The Balaban J connectivity index is 1.94. The number of carbonyl (C=O) groups excluding carboxylic acids is 1. The Bertz CT molecular complexity index is 907. The second kappa shape index (κ2) is 9.06. The molecule has 140 valence electrons. The van der Waals surface area contributed by atoms with Crippen molar-refractivity contribution >= 4 is 29.3 Å². The van der Waals surface area contributed by atoms with Crippen LogP contribution >= 0.6 is 23.4 Å². The summed E-state index contributed by atoms with van der Waals surface area (Å²) in [6.07, 6.45) is 0.913. The Hall–Kier alpha value is -2.31. The number of hydrogen-bond acceptors (Lipinski definition) is 4. The van der Waals surface area contributed by atoms with Crippen LogP contribution in [0.5, 0.6) is 0 Å². The van der Waals surface area contributed by atoms with Gasteiger partial charge < -0.3 is 5.32 Å². The van der Waals surface area contributed by atoms with Gasteiger partial charge in [0.2, 0.25) is 5.91 Å². The molecule has 0 saturated heterocycles. The van der Waals surface area contributed by atoms with Crippen LogP contribution in [0.15, 0.2) is 53.7 Å². The minimum atomic E-state index is -0.00616. The van der Waals surface area contributed by atoms with Crippen LogP contribution in [-0.2, 0) is 4.79 Å². The summed E-state index contributed by atoms with van der Waals surface area (Å²) in [5.74, 6) is 1.00. The molecule has 1 heterocycles. The number of hydrogen-bond donors (Lipinski definition) is 1. The molecule has 27 heavy (non-hydrogen) atoms. The number of thioether (sulfide) groups is 1. The number of aromatic nitrogens is 3. The maximum atomic E-state index is 12.0. The fraction of sp³-hybridized carbons (Fsp3) is 0.250. The van der Waals surface area contributed by atoms with Gasteiger partial charge in [-0.05, 0) is 49.7 Å². The molecule has 0 aliphatic carbocycles. The van der Waals surface area contributed by atoms with Crippen molar-refractivity contribution in [1.29, 1.82) is 0 Å². The van der Waals surface area contributed by atoms with E-state index in [-0.39, 0.29) is 5.91 Å². The van der Waals surface area contributed by atoms with Crippen LogP contribution in [0.1, 0.15) is 18.9 Å². The second-order valence-electron chi connectivity index (χ2n) is 6.12. The highest BCUT2D eigenvalue weighted by Crippen LogP contribution is 2.28. The lowest BCUT2D eigenvalue weighted by atomic mass is 10.2. The van der Waals surface area contributed by atoms with E-state index in [0.29, 0.717) is 28.3 Å². The predicted molar refractivity (Wildman–Crippen MR) is 111 cm³/mol. The van der Waals surface area contributed by atoms with E-state index < -0.39 is 0 Å². The predicted octanol–water partition coefficient (Wildman–Crippen LogP) is 4.51. The van der Waals surface area contributed by atoms with Crippen LogP contribution in [0.2, 0.25) is 5.02 Å². The van der Waals surface area contributed by atoms with Crippen molar-refractivity contribution in [1.82, 2.24) is 20.1 Å². The van der Waals surface area contributed by atoms with Gasteiger partial charge in [-0.1, -0.05) is 48.0 Å². The molecule has 0 radical (unpaired) electrons. The number of rotatable bonds is 7. The molecule has 3 aromatic rings. The van der Waals surface area contributed by atoms with E-state index in [1.54, 1.807) is 0 Å². The molecule has 0 aliphatic rings. The van der Waals surface area contributed by atoms with Crippen LogP contribution in [0.4, 0.5) is 0 Å². The van der Waals surface area contributed by atoms with Crippen LogP contribution in [-0.4, -0.2) is 33.0 Å². The molecule has 0 atom stereocenters. The molecule has 1 N–H and O–H groups in total. The molecule has 7 heteroatoms. The third kappa shape index (κ3) is 4.90. The van der Waals surface area contributed by atoms with E-state index >= 15 is 0 Å². The topological polar surface area (TPSA) is 59.8 Å². The van der Waals surface area contributed by atoms with Crippen LogP contribution in [0, 0.1) is 6.92 Å². The zero-order valence-electron chi connectivity index (χ0n) is 15.3. The largest absolute Gasteiger partial charge is 0.355 e. The minimum Gasteiger partial charge on any atom is -0.355 e. The standard InChI is InChI=1S/C20H21ClN4OS/c1-3-12-22-18(26)13-27-20-24-23-19(15-6-8-16(21)9-7-15)25(20)17-10-4-14(2)5-11-17/h4-11H,3,12-13H2,1-2H3,(H,22,26). The lowest BCUT2D eigenvalue weighted by Crippen LogP contribution is -2.25. The van der Waals surface area contributed by atoms with Crippen LogP contribution < -0.4 is 5.32 Å². The Morgan fingerprint density at radius 2 is 1.81 bits per heavy atom. The first-order chi connectivity index (χ1) is 13.1. The van der Waals surface area contributed by atoms with E-state index in [2.05, 4.69) is 15.5 Å². The highest BCUT2D eigenvalue weighted by molar-refractivity contribution is 7.99. The minimum absolute atomic E-state index is 0.00616. The number of amides is 1. The smallest absolute Gasteiger partial charge is 0.230 e. The molecule has 0 spiro atoms. The molecule has 5 nitrogen and oxygen atoms in total. The van der Waals surface area contributed by atoms with Gasteiger partial charge in [0.25, 0.3) is 0 Å². The summed E-state index contributed by atoms with van der Waals surface area (Å²) in [5.41, 5.74) is 3.04. The van der Waals surface area contributed by atoms with Gasteiger partial charge >= 0.3 is 0 Å². The molecule has 2 aromatic carbocycles. The summed E-state index contributed by atoms with van der Waals surface area (Å²) in [6.45, 7) is 4.75. The number of halogens is 1. The molecular weight excluding hydrogens is 380 g/mol. The quantitative estimate of drug-likeness (QED) is 0.592. The second-order valence-corrected chi connectivity index (χ2v) is 7.50. The molecule has 1 amide bonds. The van der Waals surface area contributed by atoms with Crippen molar-refractivity contribution in [2.45, 2.75) is 25.4 Å². The third-order valence-electron chi connectivity index (χ3n) is 3.93. The van der Waals surface area contributed by atoms with Crippen LogP contribution in [0.25, 0.3) is 17.1 Å². The monoisotopic (exact) mass is 400 g/mol. The highest BCUT2D eigenvalue weighted by Gasteiger charge is 2.17. The fourth-order valence-electron chi connectivity index (χ4n) is 2.52. The summed E-state index contributed by atoms with van der Waals surface area (Å²) in [6, 6.07) is 15.6. The normalized spacial score (nSPS) is 10.8. The Morgan fingerprint density at radius 1 is 1.11 bits per heavy atom. The Morgan fingerprint density at radius 3 is 2.48 bits per heavy atom. The first-order valence-electron chi connectivity index (χ1n) is 8.76. The van der Waals surface area contributed by atoms with Crippen molar-refractivity contribution in [2.24, 2.45) is 0 Å². The Labute approximate surface area is 168 Å². The summed E-state index contributed by atoms with van der Waals surface area (Å²) < 4.78 is 1.97. The zero-order chi connectivity index (χ0) is 19.2. The summed E-state index contributed by atoms with van der Waals surface area (Å²) in [5, 5.41) is 12.9. The van der Waals surface area contributed by atoms with Crippen molar-refractivity contribution < 1.29 is 4.79 Å². The number of nitrogens with one attached hydrogen (secondary N) is 1. The maximum Gasteiger partial charge on any atom is 0.230 e. The first kappa shape index (κ1) is 19.5. The van der Waals surface area contributed by atoms with Gasteiger partial charge in [0.15, 0.2) is 11.0 Å². The van der Waals surface area contributed by atoms with Crippen LogP contribution in [0.3, 0.4) is 0 Å². The summed E-state index contributed by atoms with van der Waals surface area (Å²) in [7, 11) is 0. The number of aryl methyl sites for hydroxylation is 1. The van der Waals surface area contributed by atoms with E-state index in [9.17, 15) is 4.79 Å². The van der Waals surface area contributed by atoms with Crippen molar-refractivity contribution in [3.63, 3.8) is 0 Å². The third-order valence-corrected chi connectivity index (χ3v) is 5.11. The van der Waals surface area contributed by atoms with Gasteiger partial charge in [0.05, 0.1) is 5.75 Å². The van der Waals surface area contributed by atoms with E-state index in [4.69, 9.17) is 11.6 Å². The van der Waals surface area contributed by atoms with Gasteiger partial charge in [0.1, 0.15) is 0 Å². The highest BCUT2D eigenvalue weighted by atomic mass is 35.5. The number of benzene rings is 2. The van der Waals surface area contributed by atoms with E-state index in [0.717, 1.165) is 17.7 Å². The summed E-state index contributed by atoms with van der Waals surface area (Å²) >= 11 is 7.39. The fourth-order valence-corrected chi connectivity index (χ4v) is 3.43. The SMILES string of the molecule is CCCNC(=O)CSc1nnc(-c2ccc(Cl)cc2)n1-c1ccc(C)cc1. The molecule has 3 rings (SSSR count). The van der Waals surface area contributed by atoms with Gasteiger partial charge in [0, 0.05) is 22.8 Å². The maximum absolute atomic E-state index is 12.0. The first-order valence-corrected chi connectivity index (χ1v) is 10.1. The van der Waals surface area contributed by atoms with Crippen molar-refractivity contribution in [2.75, 3.05) is 12.3 Å². The molecule has 0 saturated carbocycles. The van der Waals surface area contributed by atoms with E-state index in [1.807, 2.05) is 66.9 Å². The van der Waals surface area contributed by atoms with E-state index in [1.165, 1.54) is 17.3 Å². The zero-order valence-corrected chi connectivity index (χ0v) is 16.8. The molecule has 0 fully saturated rings. The number of nitrogens with zero attached hydrogens (tertiary/aromatic N) is 3. The Kier molecular flexibility index (Phi) is 6.53. The lowest BCUT2D eigenvalue weighted by Gasteiger charge is -2.11. The summed E-state index contributed by atoms with van der Waals surface area (Å²) in [4.78, 5) is 12.0. The molecular formula is C20H21ClN4OS. The lowest BCUT2D eigenvalue weighted by molar-refractivity contribution is -0.118. The average Bonchev–Trinajstić information content (AvgIpc) is 3.10. The molecule has 0 unspecified atom stereocenters.